The predicted molar refractivity (Wildman–Crippen MR) is 88.6 cm³/mol. The molecule has 22 heavy (non-hydrogen) atoms. The Kier molecular flexibility index (Phi) is 4.37. The van der Waals surface area contributed by atoms with Gasteiger partial charge in [-0.2, -0.15) is 0 Å². The molecule has 1 saturated heterocycles. The van der Waals surface area contributed by atoms with Gasteiger partial charge in [0, 0.05) is 32.1 Å². The van der Waals surface area contributed by atoms with Gasteiger partial charge >= 0.3 is 0 Å². The standard InChI is InChI=1S/C18H26FN3/c1-14-4-3-11-22(12-14)17(20-2)21-13-18(9-10-18)15-5-7-16(19)8-6-15/h5-8,14H,3-4,9-13H2,1-2H3,(H,20,21). The molecule has 3 rings (SSSR count). The summed E-state index contributed by atoms with van der Waals surface area (Å²) in [5.74, 6) is 1.59. The predicted octanol–water partition coefficient (Wildman–Crippen LogP) is 3.16. The summed E-state index contributed by atoms with van der Waals surface area (Å²) in [6, 6.07) is 6.98. The van der Waals surface area contributed by atoms with Crippen LogP contribution in [0.15, 0.2) is 29.3 Å². The number of piperidine rings is 1. The van der Waals surface area contributed by atoms with Gasteiger partial charge in [-0.25, -0.2) is 4.39 Å². The molecule has 3 nitrogen and oxygen atoms in total. The molecule has 120 valence electrons. The Hall–Kier alpha value is -1.58. The first kappa shape index (κ1) is 15.3. The van der Waals surface area contributed by atoms with Gasteiger partial charge in [-0.15, -0.1) is 0 Å². The van der Waals surface area contributed by atoms with Crippen LogP contribution in [0.1, 0.15) is 38.2 Å². The van der Waals surface area contributed by atoms with Crippen LogP contribution in [-0.4, -0.2) is 37.5 Å². The summed E-state index contributed by atoms with van der Waals surface area (Å²) in [4.78, 5) is 6.83. The zero-order valence-corrected chi connectivity index (χ0v) is 13.6. The van der Waals surface area contributed by atoms with E-state index >= 15 is 0 Å². The van der Waals surface area contributed by atoms with Crippen molar-refractivity contribution in [3.63, 3.8) is 0 Å². The summed E-state index contributed by atoms with van der Waals surface area (Å²) in [6.07, 6.45) is 4.88. The van der Waals surface area contributed by atoms with E-state index in [1.807, 2.05) is 19.2 Å². The van der Waals surface area contributed by atoms with Crippen molar-refractivity contribution in [2.75, 3.05) is 26.7 Å². The third kappa shape index (κ3) is 3.26. The Morgan fingerprint density at radius 2 is 2.09 bits per heavy atom. The van der Waals surface area contributed by atoms with E-state index in [9.17, 15) is 4.39 Å². The van der Waals surface area contributed by atoms with E-state index < -0.39 is 0 Å². The number of guanidine groups is 1. The number of hydrogen-bond donors (Lipinski definition) is 1. The van der Waals surface area contributed by atoms with Crippen LogP contribution in [-0.2, 0) is 5.41 Å². The maximum atomic E-state index is 13.1. The SMILES string of the molecule is CN=C(NCC1(c2ccc(F)cc2)CC1)N1CCCC(C)C1. The minimum Gasteiger partial charge on any atom is -0.355 e. The van der Waals surface area contributed by atoms with Crippen LogP contribution in [0.3, 0.4) is 0 Å². The van der Waals surface area contributed by atoms with Crippen LogP contribution in [0.25, 0.3) is 0 Å². The maximum Gasteiger partial charge on any atom is 0.193 e. The highest BCUT2D eigenvalue weighted by molar-refractivity contribution is 5.80. The Labute approximate surface area is 132 Å². The van der Waals surface area contributed by atoms with Gasteiger partial charge in [-0.1, -0.05) is 19.1 Å². The number of hydrogen-bond acceptors (Lipinski definition) is 1. The quantitative estimate of drug-likeness (QED) is 0.686. The van der Waals surface area contributed by atoms with Crippen LogP contribution < -0.4 is 5.32 Å². The monoisotopic (exact) mass is 303 g/mol. The average molecular weight is 303 g/mol. The molecule has 2 aliphatic rings. The fourth-order valence-electron chi connectivity index (χ4n) is 3.48. The number of likely N-dealkylation sites (tertiary alicyclic amines) is 1. The summed E-state index contributed by atoms with van der Waals surface area (Å²) in [5.41, 5.74) is 1.41. The molecule has 1 N–H and O–H groups in total. The van der Waals surface area contributed by atoms with Gasteiger partial charge in [0.1, 0.15) is 5.82 Å². The highest BCUT2D eigenvalue weighted by atomic mass is 19.1. The number of aliphatic imine (C=N–C) groups is 1. The van der Waals surface area contributed by atoms with Crippen molar-refractivity contribution in [2.24, 2.45) is 10.9 Å². The largest absolute Gasteiger partial charge is 0.355 e. The Morgan fingerprint density at radius 1 is 1.36 bits per heavy atom. The molecule has 0 spiro atoms. The van der Waals surface area contributed by atoms with Crippen molar-refractivity contribution in [1.82, 2.24) is 10.2 Å². The second-order valence-electron chi connectivity index (χ2n) is 6.88. The summed E-state index contributed by atoms with van der Waals surface area (Å²) in [6.45, 7) is 5.37. The minimum absolute atomic E-state index is 0.161. The van der Waals surface area contributed by atoms with E-state index in [1.54, 1.807) is 12.1 Å². The van der Waals surface area contributed by atoms with E-state index in [-0.39, 0.29) is 11.2 Å². The van der Waals surface area contributed by atoms with Crippen molar-refractivity contribution in [1.29, 1.82) is 0 Å². The first-order valence-corrected chi connectivity index (χ1v) is 8.35. The van der Waals surface area contributed by atoms with Gasteiger partial charge in [0.2, 0.25) is 0 Å². The van der Waals surface area contributed by atoms with Crippen molar-refractivity contribution >= 4 is 5.96 Å². The molecule has 2 fully saturated rings. The Balaban J connectivity index is 1.62. The van der Waals surface area contributed by atoms with Gasteiger partial charge in [0.05, 0.1) is 0 Å². The number of nitrogens with zero attached hydrogens (tertiary/aromatic N) is 2. The lowest BCUT2D eigenvalue weighted by atomic mass is 9.96. The number of nitrogens with one attached hydrogen (secondary N) is 1. The van der Waals surface area contributed by atoms with E-state index in [2.05, 4.69) is 22.1 Å². The second-order valence-corrected chi connectivity index (χ2v) is 6.88. The fraction of sp³-hybridized carbons (Fsp3) is 0.611. The Bertz CT molecular complexity index is 534. The summed E-state index contributed by atoms with van der Waals surface area (Å²) < 4.78 is 13.1. The van der Waals surface area contributed by atoms with Gasteiger partial charge < -0.3 is 10.2 Å². The smallest absolute Gasteiger partial charge is 0.193 e. The first-order chi connectivity index (χ1) is 10.6. The zero-order chi connectivity index (χ0) is 15.6. The van der Waals surface area contributed by atoms with Gasteiger partial charge in [0.15, 0.2) is 5.96 Å². The average Bonchev–Trinajstić information content (AvgIpc) is 3.30. The third-order valence-corrected chi connectivity index (χ3v) is 5.06. The number of halogens is 1. The lowest BCUT2D eigenvalue weighted by Crippen LogP contribution is -2.48. The molecule has 1 heterocycles. The topological polar surface area (TPSA) is 27.6 Å². The maximum absolute atomic E-state index is 13.1. The second kappa shape index (κ2) is 6.27. The van der Waals surface area contributed by atoms with Gasteiger partial charge in [-0.05, 0) is 49.3 Å². The van der Waals surface area contributed by atoms with Crippen LogP contribution in [0.5, 0.6) is 0 Å². The normalized spacial score (nSPS) is 24.2. The summed E-state index contributed by atoms with van der Waals surface area (Å²) in [5, 5.41) is 3.56. The van der Waals surface area contributed by atoms with Crippen molar-refractivity contribution in [3.8, 4) is 0 Å². The number of benzene rings is 1. The van der Waals surface area contributed by atoms with Crippen molar-refractivity contribution in [3.05, 3.63) is 35.6 Å². The lowest BCUT2D eigenvalue weighted by Gasteiger charge is -2.34. The molecule has 1 unspecified atom stereocenters. The molecule has 1 aromatic rings. The molecule has 1 aromatic carbocycles. The highest BCUT2D eigenvalue weighted by Crippen LogP contribution is 2.47. The molecule has 1 atom stereocenters. The molecule has 0 aromatic heterocycles. The lowest BCUT2D eigenvalue weighted by molar-refractivity contribution is 0.265. The van der Waals surface area contributed by atoms with Gasteiger partial charge in [0.25, 0.3) is 0 Å². The Morgan fingerprint density at radius 3 is 2.68 bits per heavy atom. The minimum atomic E-state index is -0.161. The summed E-state index contributed by atoms with van der Waals surface area (Å²) >= 11 is 0. The molecular formula is C18H26FN3. The van der Waals surface area contributed by atoms with E-state index in [0.29, 0.717) is 0 Å². The van der Waals surface area contributed by atoms with E-state index in [1.165, 1.54) is 31.2 Å². The molecule has 0 amide bonds. The van der Waals surface area contributed by atoms with Crippen LogP contribution in [0.4, 0.5) is 4.39 Å². The highest BCUT2D eigenvalue weighted by Gasteiger charge is 2.44. The zero-order valence-electron chi connectivity index (χ0n) is 13.6. The molecule has 0 radical (unpaired) electrons. The van der Waals surface area contributed by atoms with Gasteiger partial charge in [-0.3, -0.25) is 4.99 Å². The fourth-order valence-corrected chi connectivity index (χ4v) is 3.48. The molecule has 0 bridgehead atoms. The molecule has 1 saturated carbocycles. The molecule has 1 aliphatic heterocycles. The van der Waals surface area contributed by atoms with Crippen molar-refractivity contribution in [2.45, 2.75) is 38.0 Å². The third-order valence-electron chi connectivity index (χ3n) is 5.06. The summed E-state index contributed by atoms with van der Waals surface area (Å²) in [7, 11) is 1.86. The molecule has 4 heteroatoms. The van der Waals surface area contributed by atoms with E-state index in [4.69, 9.17) is 0 Å². The first-order valence-electron chi connectivity index (χ1n) is 8.35. The van der Waals surface area contributed by atoms with Crippen LogP contribution in [0.2, 0.25) is 0 Å². The molecule has 1 aliphatic carbocycles. The van der Waals surface area contributed by atoms with Crippen LogP contribution in [0, 0.1) is 11.7 Å². The van der Waals surface area contributed by atoms with Crippen LogP contribution >= 0.6 is 0 Å². The van der Waals surface area contributed by atoms with Crippen molar-refractivity contribution < 1.29 is 4.39 Å². The number of rotatable bonds is 3. The van der Waals surface area contributed by atoms with E-state index in [0.717, 1.165) is 31.5 Å². The molecular weight excluding hydrogens is 277 g/mol.